The van der Waals surface area contributed by atoms with Gasteiger partial charge in [0.25, 0.3) is 0 Å². The van der Waals surface area contributed by atoms with Crippen molar-refractivity contribution in [3.63, 3.8) is 0 Å². The number of hydrogen-bond acceptors (Lipinski definition) is 6. The first-order valence-corrected chi connectivity index (χ1v) is 11.5. The molecular formula is C28H24F3NO6. The molecule has 0 aliphatic carbocycles. The van der Waals surface area contributed by atoms with E-state index in [4.69, 9.17) is 18.9 Å². The lowest BCUT2D eigenvalue weighted by molar-refractivity contribution is -0.137. The van der Waals surface area contributed by atoms with Crippen LogP contribution in [0.5, 0.6) is 17.2 Å². The summed E-state index contributed by atoms with van der Waals surface area (Å²) in [6.07, 6.45) is -4.55. The molecule has 0 atom stereocenters. The highest BCUT2D eigenvalue weighted by Crippen LogP contribution is 2.43. The highest BCUT2D eigenvalue weighted by atomic mass is 19.4. The van der Waals surface area contributed by atoms with Crippen molar-refractivity contribution in [3.05, 3.63) is 77.5 Å². The summed E-state index contributed by atoms with van der Waals surface area (Å²) in [6.45, 7) is 3.78. The zero-order valence-electron chi connectivity index (χ0n) is 20.9. The van der Waals surface area contributed by atoms with Gasteiger partial charge in [-0.25, -0.2) is 9.59 Å². The first-order chi connectivity index (χ1) is 18.0. The molecule has 1 aromatic heterocycles. The van der Waals surface area contributed by atoms with E-state index >= 15 is 0 Å². The Bertz CT molecular complexity index is 1470. The molecule has 0 aliphatic rings. The van der Waals surface area contributed by atoms with E-state index in [0.29, 0.717) is 27.8 Å². The van der Waals surface area contributed by atoms with E-state index in [9.17, 15) is 22.8 Å². The zero-order valence-corrected chi connectivity index (χ0v) is 20.9. The summed E-state index contributed by atoms with van der Waals surface area (Å²) >= 11 is 0. The number of methoxy groups -OCH3 is 2. The summed E-state index contributed by atoms with van der Waals surface area (Å²) in [7, 11) is 2.37. The fourth-order valence-electron chi connectivity index (χ4n) is 4.01. The Morgan fingerprint density at radius 3 is 1.97 bits per heavy atom. The Labute approximate surface area is 216 Å². The smallest absolute Gasteiger partial charge is 0.416 e. The quantitative estimate of drug-likeness (QED) is 0.260. The van der Waals surface area contributed by atoms with E-state index < -0.39 is 23.7 Å². The van der Waals surface area contributed by atoms with Crippen LogP contribution in [-0.2, 0) is 15.7 Å². The zero-order chi connectivity index (χ0) is 27.6. The first-order valence-electron chi connectivity index (χ1n) is 11.5. The first kappa shape index (κ1) is 26.6. The number of carbonyl (C=O) groups excluding carboxylic acids is 2. The van der Waals surface area contributed by atoms with Gasteiger partial charge in [0.1, 0.15) is 28.5 Å². The van der Waals surface area contributed by atoms with Gasteiger partial charge in [0.15, 0.2) is 0 Å². The molecule has 3 aromatic carbocycles. The van der Waals surface area contributed by atoms with Crippen molar-refractivity contribution in [2.24, 2.45) is 0 Å². The van der Waals surface area contributed by atoms with Crippen LogP contribution in [0.3, 0.4) is 0 Å². The number of H-pyrrole nitrogens is 1. The molecule has 1 N–H and O–H groups in total. The number of ether oxygens (including phenoxy) is 4. The van der Waals surface area contributed by atoms with Gasteiger partial charge in [-0.05, 0) is 67.9 Å². The van der Waals surface area contributed by atoms with Gasteiger partial charge >= 0.3 is 18.1 Å². The van der Waals surface area contributed by atoms with Crippen LogP contribution in [0.2, 0.25) is 0 Å². The number of esters is 2. The molecule has 0 saturated carbocycles. The number of alkyl halides is 3. The molecule has 1 heterocycles. The Hall–Kier alpha value is -4.47. The monoisotopic (exact) mass is 527 g/mol. The molecule has 0 spiro atoms. The van der Waals surface area contributed by atoms with Crippen LogP contribution in [-0.4, -0.2) is 37.2 Å². The summed E-state index contributed by atoms with van der Waals surface area (Å²) in [5.41, 5.74) is 0.428. The van der Waals surface area contributed by atoms with Gasteiger partial charge < -0.3 is 23.9 Å². The topological polar surface area (TPSA) is 86.9 Å². The van der Waals surface area contributed by atoms with Crippen molar-refractivity contribution in [2.75, 3.05) is 14.2 Å². The van der Waals surface area contributed by atoms with E-state index in [-0.39, 0.29) is 28.9 Å². The SMILES string of the molecule is COC(=O)c1[nH]c2ccc(Oc3ccc(C(F)(F)F)cc3)c(-c3ccc(OC(C)C)cc3)c2c1C(=O)OC. The molecule has 38 heavy (non-hydrogen) atoms. The molecule has 0 unspecified atom stereocenters. The summed E-state index contributed by atoms with van der Waals surface area (Å²) in [5, 5.41) is 0.319. The van der Waals surface area contributed by atoms with Gasteiger partial charge in [0.05, 0.1) is 25.9 Å². The van der Waals surface area contributed by atoms with Crippen LogP contribution in [0.4, 0.5) is 13.2 Å². The summed E-state index contributed by atoms with van der Waals surface area (Å²) in [4.78, 5) is 28.3. The van der Waals surface area contributed by atoms with E-state index in [1.807, 2.05) is 13.8 Å². The highest BCUT2D eigenvalue weighted by Gasteiger charge is 2.31. The number of rotatable bonds is 7. The van der Waals surface area contributed by atoms with Crippen molar-refractivity contribution in [1.82, 2.24) is 4.98 Å². The van der Waals surface area contributed by atoms with Crippen LogP contribution in [0.1, 0.15) is 40.3 Å². The molecule has 0 saturated heterocycles. The van der Waals surface area contributed by atoms with Crippen LogP contribution in [0, 0.1) is 0 Å². The molecular weight excluding hydrogens is 503 g/mol. The van der Waals surface area contributed by atoms with E-state index in [1.54, 1.807) is 36.4 Å². The third-order valence-corrected chi connectivity index (χ3v) is 5.63. The maximum absolute atomic E-state index is 13.0. The van der Waals surface area contributed by atoms with Gasteiger partial charge in [0, 0.05) is 16.5 Å². The molecule has 10 heteroatoms. The molecule has 0 amide bonds. The summed E-state index contributed by atoms with van der Waals surface area (Å²) in [6, 6.07) is 14.4. The molecule has 0 aliphatic heterocycles. The standard InChI is InChI=1S/C28H24F3NO6/c1-15(2)37-18-9-5-16(6-10-18)22-21(38-19-11-7-17(8-12-19)28(29,30)31)14-13-20-23(22)24(26(33)35-3)25(32-20)27(34)36-4/h5-15,32H,1-4H3. The fourth-order valence-corrected chi connectivity index (χ4v) is 4.01. The van der Waals surface area contributed by atoms with Crippen molar-refractivity contribution < 1.29 is 41.7 Å². The molecule has 7 nitrogen and oxygen atoms in total. The number of aromatic nitrogens is 1. The van der Waals surface area contributed by atoms with Gasteiger partial charge in [0.2, 0.25) is 0 Å². The Kier molecular flexibility index (Phi) is 7.34. The average molecular weight is 527 g/mol. The van der Waals surface area contributed by atoms with Gasteiger partial charge in [-0.1, -0.05) is 12.1 Å². The lowest BCUT2D eigenvalue weighted by Gasteiger charge is -2.16. The second-order valence-electron chi connectivity index (χ2n) is 8.53. The minimum atomic E-state index is -4.49. The van der Waals surface area contributed by atoms with Gasteiger partial charge in [-0.15, -0.1) is 0 Å². The number of halogens is 3. The van der Waals surface area contributed by atoms with E-state index in [0.717, 1.165) is 12.1 Å². The third kappa shape index (κ3) is 5.29. The maximum Gasteiger partial charge on any atom is 0.416 e. The Balaban J connectivity index is 1.94. The van der Waals surface area contributed by atoms with Crippen LogP contribution < -0.4 is 9.47 Å². The van der Waals surface area contributed by atoms with Crippen molar-refractivity contribution in [1.29, 1.82) is 0 Å². The van der Waals surface area contributed by atoms with E-state index in [1.165, 1.54) is 26.4 Å². The number of carbonyl (C=O) groups is 2. The summed E-state index contributed by atoms with van der Waals surface area (Å²) < 4.78 is 60.6. The van der Waals surface area contributed by atoms with Gasteiger partial charge in [-0.3, -0.25) is 0 Å². The fraction of sp³-hybridized carbons (Fsp3) is 0.214. The minimum Gasteiger partial charge on any atom is -0.491 e. The predicted molar refractivity (Wildman–Crippen MR) is 134 cm³/mol. The average Bonchev–Trinajstić information content (AvgIpc) is 3.27. The Morgan fingerprint density at radius 2 is 1.42 bits per heavy atom. The Morgan fingerprint density at radius 1 is 0.816 bits per heavy atom. The van der Waals surface area contributed by atoms with Crippen LogP contribution in [0.15, 0.2) is 60.7 Å². The highest BCUT2D eigenvalue weighted by molar-refractivity contribution is 6.17. The third-order valence-electron chi connectivity index (χ3n) is 5.63. The number of aromatic amines is 1. The molecule has 4 aromatic rings. The maximum atomic E-state index is 13.0. The molecule has 198 valence electrons. The predicted octanol–water partition coefficient (Wildman–Crippen LogP) is 7.01. The second-order valence-corrected chi connectivity index (χ2v) is 8.53. The molecule has 0 radical (unpaired) electrons. The largest absolute Gasteiger partial charge is 0.491 e. The number of fused-ring (bicyclic) bond motifs is 1. The van der Waals surface area contributed by atoms with E-state index in [2.05, 4.69) is 4.98 Å². The van der Waals surface area contributed by atoms with Crippen molar-refractivity contribution in [3.8, 4) is 28.4 Å². The number of benzene rings is 3. The summed E-state index contributed by atoms with van der Waals surface area (Å²) in [5.74, 6) is -0.585. The van der Waals surface area contributed by atoms with Crippen molar-refractivity contribution >= 4 is 22.8 Å². The molecule has 0 fully saturated rings. The lowest BCUT2D eigenvalue weighted by Crippen LogP contribution is -2.11. The van der Waals surface area contributed by atoms with Crippen LogP contribution in [0.25, 0.3) is 22.0 Å². The minimum absolute atomic E-state index is 0.0546. The number of nitrogens with one attached hydrogen (secondary N) is 1. The molecule has 4 rings (SSSR count). The second kappa shape index (κ2) is 10.5. The van der Waals surface area contributed by atoms with Crippen LogP contribution >= 0.6 is 0 Å². The normalized spacial score (nSPS) is 11.5. The number of hydrogen-bond donors (Lipinski definition) is 1. The van der Waals surface area contributed by atoms with Crippen molar-refractivity contribution in [2.45, 2.75) is 26.1 Å². The lowest BCUT2D eigenvalue weighted by atomic mass is 9.97. The molecule has 0 bridgehead atoms. The van der Waals surface area contributed by atoms with Gasteiger partial charge in [-0.2, -0.15) is 13.2 Å².